The van der Waals surface area contributed by atoms with Crippen molar-refractivity contribution in [1.82, 2.24) is 0 Å². The number of aryl methyl sites for hydroxylation is 2. The molecule has 52 heavy (non-hydrogen) atoms. The Labute approximate surface area is 310 Å². The zero-order valence-electron chi connectivity index (χ0n) is 30.4. The molecule has 2 aliphatic carbocycles. The van der Waals surface area contributed by atoms with Gasteiger partial charge in [0.2, 0.25) is 0 Å². The molecule has 0 N–H and O–H groups in total. The molecule has 0 heterocycles. The maximum absolute atomic E-state index is 13.9. The van der Waals surface area contributed by atoms with Crippen molar-refractivity contribution in [3.63, 3.8) is 0 Å². The van der Waals surface area contributed by atoms with E-state index in [1.165, 1.54) is 24.3 Å². The van der Waals surface area contributed by atoms with E-state index in [2.05, 4.69) is 79.7 Å². The van der Waals surface area contributed by atoms with Gasteiger partial charge in [-0.2, -0.15) is 0 Å². The molecule has 0 saturated carbocycles. The number of rotatable bonds is 4. The second kappa shape index (κ2) is 12.7. The third kappa shape index (κ3) is 6.55. The van der Waals surface area contributed by atoms with Crippen molar-refractivity contribution in [2.24, 2.45) is 0 Å². The van der Waals surface area contributed by atoms with Gasteiger partial charge in [0, 0.05) is 0 Å². The van der Waals surface area contributed by atoms with E-state index >= 15 is 0 Å². The van der Waals surface area contributed by atoms with Crippen LogP contribution in [0.2, 0.25) is 3.67 Å². The molecule has 9 heteroatoms. The monoisotopic (exact) mass is 922 g/mol. The van der Waals surface area contributed by atoms with E-state index in [1.54, 1.807) is 0 Å². The molecule has 2 aliphatic rings. The number of alkyl halides is 6. The molecule has 0 aliphatic heterocycles. The summed E-state index contributed by atoms with van der Waals surface area (Å²) >= 11 is -6.24. The van der Waals surface area contributed by atoms with Gasteiger partial charge in [-0.15, -0.1) is 0 Å². The van der Waals surface area contributed by atoms with E-state index < -0.39 is 46.5 Å². The third-order valence-electron chi connectivity index (χ3n) is 10.7. The molecule has 4 aromatic rings. The molecule has 0 atom stereocenters. The maximum atomic E-state index is 13.9. The Bertz CT molecular complexity index is 2060. The van der Waals surface area contributed by atoms with E-state index in [-0.39, 0.29) is 10.8 Å². The van der Waals surface area contributed by atoms with Crippen LogP contribution in [0.5, 0.6) is 0 Å². The second-order valence-electron chi connectivity index (χ2n) is 16.4. The van der Waals surface area contributed by atoms with Gasteiger partial charge >= 0.3 is 312 Å². The van der Waals surface area contributed by atoms with Crippen LogP contribution in [-0.2, 0) is 38.8 Å². The van der Waals surface area contributed by atoms with Crippen LogP contribution in [-0.4, -0.2) is 3.26 Å². The summed E-state index contributed by atoms with van der Waals surface area (Å²) in [6.07, 6.45) is -1.60. The summed E-state index contributed by atoms with van der Waals surface area (Å²) < 4.78 is 82.5. The van der Waals surface area contributed by atoms with Gasteiger partial charge in [0.05, 0.1) is 0 Å². The summed E-state index contributed by atoms with van der Waals surface area (Å²) in [5.41, 5.74) is 6.88. The minimum atomic E-state index is -6.24. The van der Waals surface area contributed by atoms with Crippen LogP contribution in [0.25, 0.3) is 11.1 Å². The normalized spacial score (nSPS) is 15.7. The number of hydrogen-bond acceptors (Lipinski definition) is 0. The van der Waals surface area contributed by atoms with E-state index in [0.29, 0.717) is 14.4 Å². The zero-order valence-corrected chi connectivity index (χ0v) is 35.5. The Morgan fingerprint density at radius 3 is 1.21 bits per heavy atom. The molecule has 0 nitrogen and oxygen atoms in total. The minimum absolute atomic E-state index is 0.190. The van der Waals surface area contributed by atoms with Crippen LogP contribution in [0.15, 0.2) is 97.1 Å². The Balaban J connectivity index is 1.84. The first kappa shape index (κ1) is 39.0. The summed E-state index contributed by atoms with van der Waals surface area (Å²) in [6.45, 7) is 17.1. The topological polar surface area (TPSA) is 0 Å². The van der Waals surface area contributed by atoms with Gasteiger partial charge in [-0.1, -0.05) is 0 Å². The summed E-state index contributed by atoms with van der Waals surface area (Å²) in [5.74, 6) is 0. The van der Waals surface area contributed by atoms with Gasteiger partial charge in [-0.05, 0) is 0 Å². The van der Waals surface area contributed by atoms with Gasteiger partial charge in [0.1, 0.15) is 0 Å². The van der Waals surface area contributed by atoms with Crippen molar-refractivity contribution in [3.05, 3.63) is 153 Å². The number of fused-ring (bicyclic) bond motifs is 3. The fraction of sp³-hybridized carbons (Fsp3) is 0.326. The van der Waals surface area contributed by atoms with E-state index in [0.717, 1.165) is 68.8 Å². The fourth-order valence-corrected chi connectivity index (χ4v) is 36.1. The van der Waals surface area contributed by atoms with Crippen molar-refractivity contribution in [1.29, 1.82) is 0 Å². The molecule has 0 bridgehead atoms. The molecule has 274 valence electrons. The average molecular weight is 922 g/mol. The SMILES string of the molecule is Cc1cc2c(cc1C(C)(C)C)-c1cc(C(C)(C)C)c(C)cc1[CH]2[Hf]([Cl])([Cl])(=[C](c1ccc(C(F)(F)F)cc1)c1ccc(C(F)(F)F)cc1)[CH]1C=CC=C1. The molecule has 0 saturated heterocycles. The van der Waals surface area contributed by atoms with Crippen molar-refractivity contribution >= 4 is 20.4 Å². The Morgan fingerprint density at radius 2 is 0.904 bits per heavy atom. The van der Waals surface area contributed by atoms with Crippen LogP contribution >= 0.6 is 17.2 Å². The standard InChI is InChI=1S/C23H29.C15H8F6.C5H5.2ClH.Hf/c1-14-9-16-11-17-10-15(2)21(23(6,7)8)13-19(17)18(16)12-20(14)22(3,4)5;16-14(17,18)12-5-1-10(2-6-12)9-11-3-7-13(8-4-11)15(19,20)21;1-2-4-5-3-1;;;/h9-13H,1-8H3;1-8H;1-5H;2*1H;/q;;;;;+2/p-2. The van der Waals surface area contributed by atoms with Crippen molar-refractivity contribution in [2.45, 2.75) is 85.9 Å². The molecular formula is C43H42Cl2F6Hf. The molecule has 4 aromatic carbocycles. The van der Waals surface area contributed by atoms with Gasteiger partial charge in [-0.3, -0.25) is 0 Å². The van der Waals surface area contributed by atoms with Gasteiger partial charge in [-0.25, -0.2) is 0 Å². The molecule has 0 unspecified atom stereocenters. The van der Waals surface area contributed by atoms with Gasteiger partial charge in [0.25, 0.3) is 0 Å². The van der Waals surface area contributed by atoms with Crippen LogP contribution in [0, 0.1) is 13.8 Å². The zero-order chi connectivity index (χ0) is 38.4. The second-order valence-corrected chi connectivity index (χ2v) is 45.9. The molecule has 0 amide bonds. The Hall–Kier alpha value is -2.74. The number of allylic oxidation sites excluding steroid dienone is 4. The van der Waals surface area contributed by atoms with Crippen molar-refractivity contribution in [3.8, 4) is 11.1 Å². The van der Waals surface area contributed by atoms with E-state index in [9.17, 15) is 26.3 Å². The predicted octanol–water partition coefficient (Wildman–Crippen LogP) is 14.2. The third-order valence-corrected chi connectivity index (χ3v) is 38.8. The number of halogens is 8. The molecular weight excluding hydrogens is 880 g/mol. The van der Waals surface area contributed by atoms with Crippen molar-refractivity contribution in [2.75, 3.05) is 0 Å². The molecule has 0 aromatic heterocycles. The molecule has 0 radical (unpaired) electrons. The molecule has 6 rings (SSSR count). The average Bonchev–Trinajstić information content (AvgIpc) is 3.67. The Morgan fingerprint density at radius 1 is 0.558 bits per heavy atom. The first-order chi connectivity index (χ1) is 23.8. The van der Waals surface area contributed by atoms with Crippen LogP contribution in [0.4, 0.5) is 26.3 Å². The van der Waals surface area contributed by atoms with Gasteiger partial charge < -0.3 is 0 Å². The van der Waals surface area contributed by atoms with E-state index in [4.69, 9.17) is 17.2 Å². The summed E-state index contributed by atoms with van der Waals surface area (Å²) in [4.78, 5) is 0. The van der Waals surface area contributed by atoms with Crippen LogP contribution in [0.1, 0.15) is 101 Å². The molecule has 0 fully saturated rings. The summed E-state index contributed by atoms with van der Waals surface area (Å²) in [6, 6.07) is 18.2. The van der Waals surface area contributed by atoms with Crippen LogP contribution < -0.4 is 0 Å². The van der Waals surface area contributed by atoms with Crippen molar-refractivity contribution < 1.29 is 42.0 Å². The number of hydrogen-bond donors (Lipinski definition) is 0. The number of benzene rings is 4. The summed E-state index contributed by atoms with van der Waals surface area (Å²) in [7, 11) is 17.0. The van der Waals surface area contributed by atoms with Crippen LogP contribution in [0.3, 0.4) is 0 Å². The first-order valence-corrected chi connectivity index (χ1v) is 32.1. The quantitative estimate of drug-likeness (QED) is 0.141. The molecule has 0 spiro atoms. The first-order valence-electron chi connectivity index (χ1n) is 17.3. The summed E-state index contributed by atoms with van der Waals surface area (Å²) in [5, 5.41) is 0. The van der Waals surface area contributed by atoms with Gasteiger partial charge in [0.15, 0.2) is 0 Å². The Kier molecular flexibility index (Phi) is 9.49. The van der Waals surface area contributed by atoms with E-state index in [1.807, 2.05) is 24.3 Å². The fourth-order valence-electron chi connectivity index (χ4n) is 8.42. The predicted molar refractivity (Wildman–Crippen MR) is 200 cm³/mol.